The highest BCUT2D eigenvalue weighted by atomic mass is 35.5. The van der Waals surface area contributed by atoms with Crippen molar-refractivity contribution >= 4 is 51.3 Å². The van der Waals surface area contributed by atoms with Crippen LogP contribution < -0.4 is 9.80 Å². The van der Waals surface area contributed by atoms with E-state index in [0.717, 1.165) is 83.7 Å². The van der Waals surface area contributed by atoms with Gasteiger partial charge in [0.25, 0.3) is 5.91 Å². The minimum atomic E-state index is 0.153. The van der Waals surface area contributed by atoms with Crippen molar-refractivity contribution < 1.29 is 4.79 Å². The lowest BCUT2D eigenvalue weighted by atomic mass is 10.1. The van der Waals surface area contributed by atoms with Crippen molar-refractivity contribution in [1.29, 1.82) is 0 Å². The Labute approximate surface area is 243 Å². The van der Waals surface area contributed by atoms with E-state index in [0.29, 0.717) is 0 Å². The van der Waals surface area contributed by atoms with Crippen LogP contribution in [0.1, 0.15) is 20.1 Å². The van der Waals surface area contributed by atoms with Crippen LogP contribution in [0.3, 0.4) is 0 Å². The molecule has 0 bridgehead atoms. The van der Waals surface area contributed by atoms with Gasteiger partial charge in [-0.15, -0.1) is 11.3 Å². The maximum absolute atomic E-state index is 13.4. The first-order valence-electron chi connectivity index (χ1n) is 13.7. The maximum atomic E-state index is 13.4. The van der Waals surface area contributed by atoms with Gasteiger partial charge in [-0.25, -0.2) is 4.98 Å². The molecule has 0 radical (unpaired) electrons. The SMILES string of the molecule is Cn1c(-c2cccc(N3CCc4sc(C(=O)N5CCN(c6cccc(Cl)c6)CC5)cc4C3)c2)nc2ccccc21. The van der Waals surface area contributed by atoms with Crippen LogP contribution in [0.4, 0.5) is 11.4 Å². The largest absolute Gasteiger partial charge is 0.368 e. The fraction of sp³-hybridized carbons (Fsp3) is 0.250. The number of para-hydroxylation sites is 2. The fourth-order valence-corrected chi connectivity index (χ4v) is 7.22. The van der Waals surface area contributed by atoms with Gasteiger partial charge in [0, 0.05) is 73.2 Å². The van der Waals surface area contributed by atoms with Gasteiger partial charge in [-0.1, -0.05) is 41.9 Å². The van der Waals surface area contributed by atoms with Gasteiger partial charge in [0.15, 0.2) is 0 Å². The molecule has 202 valence electrons. The molecule has 0 aliphatic carbocycles. The van der Waals surface area contributed by atoms with Crippen molar-refractivity contribution in [3.8, 4) is 11.4 Å². The van der Waals surface area contributed by atoms with Gasteiger partial charge < -0.3 is 19.3 Å². The van der Waals surface area contributed by atoms with Crippen LogP contribution in [0.2, 0.25) is 5.02 Å². The van der Waals surface area contributed by atoms with E-state index in [2.05, 4.69) is 76.0 Å². The van der Waals surface area contributed by atoms with E-state index in [1.165, 1.54) is 16.1 Å². The molecular formula is C32H30ClN5OS. The van der Waals surface area contributed by atoms with Crippen molar-refractivity contribution in [1.82, 2.24) is 14.5 Å². The van der Waals surface area contributed by atoms with Crippen molar-refractivity contribution in [2.75, 3.05) is 42.5 Å². The highest BCUT2D eigenvalue weighted by molar-refractivity contribution is 7.14. The lowest BCUT2D eigenvalue weighted by molar-refractivity contribution is 0.0751. The molecule has 0 saturated carbocycles. The summed E-state index contributed by atoms with van der Waals surface area (Å²) in [5.41, 5.74) is 6.82. The number of amides is 1. The van der Waals surface area contributed by atoms with Crippen LogP contribution in [0.5, 0.6) is 0 Å². The highest BCUT2D eigenvalue weighted by Crippen LogP contribution is 2.33. The molecule has 2 aliphatic rings. The highest BCUT2D eigenvalue weighted by Gasteiger charge is 2.27. The van der Waals surface area contributed by atoms with E-state index >= 15 is 0 Å². The van der Waals surface area contributed by atoms with Crippen LogP contribution >= 0.6 is 22.9 Å². The van der Waals surface area contributed by atoms with Crippen molar-refractivity contribution in [2.24, 2.45) is 7.05 Å². The number of thiophene rings is 1. The second-order valence-corrected chi connectivity index (χ2v) is 12.1. The van der Waals surface area contributed by atoms with Gasteiger partial charge in [0.05, 0.1) is 15.9 Å². The number of fused-ring (bicyclic) bond motifs is 2. The van der Waals surface area contributed by atoms with E-state index in [-0.39, 0.29) is 5.91 Å². The first-order chi connectivity index (χ1) is 19.5. The lowest BCUT2D eigenvalue weighted by Gasteiger charge is -2.36. The summed E-state index contributed by atoms with van der Waals surface area (Å²) in [7, 11) is 2.07. The minimum Gasteiger partial charge on any atom is -0.368 e. The number of aromatic nitrogens is 2. The minimum absolute atomic E-state index is 0.153. The average Bonchev–Trinajstić information content (AvgIpc) is 3.58. The third-order valence-electron chi connectivity index (χ3n) is 8.07. The number of anilines is 2. The number of halogens is 1. The zero-order chi connectivity index (χ0) is 27.2. The molecule has 1 fully saturated rings. The standard InChI is InChI=1S/C32H30ClN5OS/c1-35-28-11-3-2-10-27(28)34-31(35)22-6-4-8-25(18-22)38-13-12-29-23(21-38)19-30(40-29)32(39)37-16-14-36(15-17-37)26-9-5-7-24(33)20-26/h2-11,18-20H,12-17,21H2,1H3. The number of carbonyl (C=O) groups excluding carboxylic acids is 1. The number of carbonyl (C=O) groups is 1. The summed E-state index contributed by atoms with van der Waals surface area (Å²) in [6.07, 6.45) is 0.951. The van der Waals surface area contributed by atoms with E-state index < -0.39 is 0 Å². The molecule has 5 aromatic rings. The fourth-order valence-electron chi connectivity index (χ4n) is 5.90. The Morgan fingerprint density at radius 2 is 1.62 bits per heavy atom. The molecule has 8 heteroatoms. The normalized spacial score (nSPS) is 15.5. The van der Waals surface area contributed by atoms with Crippen molar-refractivity contribution in [3.63, 3.8) is 0 Å². The molecule has 0 spiro atoms. The monoisotopic (exact) mass is 567 g/mol. The molecule has 6 nitrogen and oxygen atoms in total. The zero-order valence-electron chi connectivity index (χ0n) is 22.4. The second-order valence-electron chi connectivity index (χ2n) is 10.5. The van der Waals surface area contributed by atoms with Crippen molar-refractivity contribution in [3.05, 3.63) is 99.2 Å². The number of imidazole rings is 1. The van der Waals surface area contributed by atoms with Crippen LogP contribution in [0, 0.1) is 0 Å². The van der Waals surface area contributed by atoms with E-state index in [1.54, 1.807) is 11.3 Å². The molecule has 0 N–H and O–H groups in total. The molecule has 2 aromatic heterocycles. The summed E-state index contributed by atoms with van der Waals surface area (Å²) in [6.45, 7) is 4.81. The third kappa shape index (κ3) is 4.63. The maximum Gasteiger partial charge on any atom is 0.264 e. The Balaban J connectivity index is 1.05. The Hall–Kier alpha value is -3.81. The Morgan fingerprint density at radius 1 is 0.850 bits per heavy atom. The Kier molecular flexibility index (Phi) is 6.48. The van der Waals surface area contributed by atoms with Crippen LogP contribution in [-0.2, 0) is 20.0 Å². The Morgan fingerprint density at radius 3 is 2.42 bits per heavy atom. The zero-order valence-corrected chi connectivity index (χ0v) is 24.0. The first-order valence-corrected chi connectivity index (χ1v) is 14.9. The van der Waals surface area contributed by atoms with Crippen LogP contribution in [-0.4, -0.2) is 53.1 Å². The molecule has 40 heavy (non-hydrogen) atoms. The number of piperazine rings is 1. The third-order valence-corrected chi connectivity index (χ3v) is 9.53. The number of rotatable bonds is 4. The molecule has 0 unspecified atom stereocenters. The molecule has 3 aromatic carbocycles. The molecule has 7 rings (SSSR count). The Bertz CT molecular complexity index is 1720. The number of hydrogen-bond acceptors (Lipinski definition) is 5. The van der Waals surface area contributed by atoms with E-state index in [1.807, 2.05) is 29.2 Å². The topological polar surface area (TPSA) is 44.6 Å². The summed E-state index contributed by atoms with van der Waals surface area (Å²) in [4.78, 5) is 27.2. The van der Waals surface area contributed by atoms with Gasteiger partial charge in [0.2, 0.25) is 0 Å². The number of hydrogen-bond donors (Lipinski definition) is 0. The number of nitrogens with zero attached hydrogens (tertiary/aromatic N) is 5. The summed E-state index contributed by atoms with van der Waals surface area (Å²) in [5, 5.41) is 0.742. The van der Waals surface area contributed by atoms with Gasteiger partial charge in [0.1, 0.15) is 5.82 Å². The van der Waals surface area contributed by atoms with Gasteiger partial charge in [-0.05, 0) is 60.5 Å². The van der Waals surface area contributed by atoms with Crippen LogP contribution in [0.25, 0.3) is 22.4 Å². The van der Waals surface area contributed by atoms with Crippen molar-refractivity contribution in [2.45, 2.75) is 13.0 Å². The molecule has 1 saturated heterocycles. The summed E-state index contributed by atoms with van der Waals surface area (Å²) in [6, 6.07) is 27.0. The lowest BCUT2D eigenvalue weighted by Crippen LogP contribution is -2.48. The van der Waals surface area contributed by atoms with E-state index in [9.17, 15) is 4.79 Å². The van der Waals surface area contributed by atoms with Gasteiger partial charge in [-0.3, -0.25) is 4.79 Å². The molecule has 0 atom stereocenters. The smallest absolute Gasteiger partial charge is 0.264 e. The first kappa shape index (κ1) is 25.2. The summed E-state index contributed by atoms with van der Waals surface area (Å²) in [5.74, 6) is 1.13. The van der Waals surface area contributed by atoms with Gasteiger partial charge in [-0.2, -0.15) is 0 Å². The number of aryl methyl sites for hydroxylation is 1. The van der Waals surface area contributed by atoms with Gasteiger partial charge >= 0.3 is 0 Å². The quantitative estimate of drug-likeness (QED) is 0.249. The molecule has 4 heterocycles. The second kappa shape index (κ2) is 10.3. The number of benzene rings is 3. The molecule has 2 aliphatic heterocycles. The summed E-state index contributed by atoms with van der Waals surface area (Å²) < 4.78 is 2.16. The van der Waals surface area contributed by atoms with Crippen LogP contribution in [0.15, 0.2) is 78.9 Å². The predicted molar refractivity (Wildman–Crippen MR) is 165 cm³/mol. The average molecular weight is 568 g/mol. The summed E-state index contributed by atoms with van der Waals surface area (Å²) >= 11 is 7.86. The van der Waals surface area contributed by atoms with E-state index in [4.69, 9.17) is 16.6 Å². The predicted octanol–water partition coefficient (Wildman–Crippen LogP) is 6.48. The molecule has 1 amide bonds. The molecular weight excluding hydrogens is 538 g/mol.